The van der Waals surface area contributed by atoms with Gasteiger partial charge in [0, 0.05) is 16.9 Å². The van der Waals surface area contributed by atoms with Crippen LogP contribution in [0.4, 0.5) is 11.6 Å². The number of aromatic nitrogens is 2. The fourth-order valence-electron chi connectivity index (χ4n) is 1.74. The Hall–Kier alpha value is -1.05. The van der Waals surface area contributed by atoms with Crippen LogP contribution in [0.3, 0.4) is 0 Å². The maximum absolute atomic E-state index is 9.28. The summed E-state index contributed by atoms with van der Waals surface area (Å²) in [6, 6.07) is 0.107. The monoisotopic (exact) mass is 271 g/mol. The SMILES string of the molecule is CCc1c(NN)ncnc1NC(C)C(CO)SC. The number of hydrazine groups is 1. The summed E-state index contributed by atoms with van der Waals surface area (Å²) in [6.07, 6.45) is 4.22. The van der Waals surface area contributed by atoms with Crippen molar-refractivity contribution in [1.29, 1.82) is 0 Å². The van der Waals surface area contributed by atoms with E-state index in [0.29, 0.717) is 5.82 Å². The molecule has 2 unspecified atom stereocenters. The van der Waals surface area contributed by atoms with Crippen molar-refractivity contribution in [3.8, 4) is 0 Å². The second-order valence-corrected chi connectivity index (χ2v) is 5.01. The van der Waals surface area contributed by atoms with Crippen LogP contribution in [0.5, 0.6) is 0 Å². The number of nitrogens with one attached hydrogen (secondary N) is 2. The van der Waals surface area contributed by atoms with E-state index in [1.54, 1.807) is 11.8 Å². The van der Waals surface area contributed by atoms with Gasteiger partial charge in [-0.3, -0.25) is 0 Å². The lowest BCUT2D eigenvalue weighted by Gasteiger charge is -2.23. The molecule has 1 aromatic heterocycles. The van der Waals surface area contributed by atoms with Gasteiger partial charge in [-0.1, -0.05) is 6.92 Å². The smallest absolute Gasteiger partial charge is 0.148 e. The Balaban J connectivity index is 2.89. The molecule has 0 amide bonds. The fourth-order valence-corrected chi connectivity index (χ4v) is 2.37. The third-order valence-electron chi connectivity index (χ3n) is 2.84. The van der Waals surface area contributed by atoms with Crippen LogP contribution in [0.1, 0.15) is 19.4 Å². The Morgan fingerprint density at radius 3 is 2.61 bits per heavy atom. The van der Waals surface area contributed by atoms with Gasteiger partial charge in [0.25, 0.3) is 0 Å². The normalized spacial score (nSPS) is 14.1. The first-order valence-electron chi connectivity index (χ1n) is 5.88. The van der Waals surface area contributed by atoms with Crippen LogP contribution in [0.2, 0.25) is 0 Å². The third kappa shape index (κ3) is 3.47. The van der Waals surface area contributed by atoms with Crippen LogP contribution in [0.15, 0.2) is 6.33 Å². The van der Waals surface area contributed by atoms with E-state index in [4.69, 9.17) is 5.84 Å². The summed E-state index contributed by atoms with van der Waals surface area (Å²) in [6.45, 7) is 4.17. The zero-order valence-corrected chi connectivity index (χ0v) is 11.8. The number of thioether (sulfide) groups is 1. The van der Waals surface area contributed by atoms with E-state index < -0.39 is 0 Å². The number of aliphatic hydroxyl groups is 1. The summed E-state index contributed by atoms with van der Waals surface area (Å²) in [4.78, 5) is 8.32. The Morgan fingerprint density at radius 2 is 2.11 bits per heavy atom. The summed E-state index contributed by atoms with van der Waals surface area (Å²) in [5.74, 6) is 6.82. The highest BCUT2D eigenvalue weighted by molar-refractivity contribution is 7.99. The molecular formula is C11H21N5OS. The molecule has 18 heavy (non-hydrogen) atoms. The van der Waals surface area contributed by atoms with Gasteiger partial charge >= 0.3 is 0 Å². The summed E-state index contributed by atoms with van der Waals surface area (Å²) < 4.78 is 0. The van der Waals surface area contributed by atoms with E-state index in [-0.39, 0.29) is 17.9 Å². The molecule has 0 aliphatic heterocycles. The Morgan fingerprint density at radius 1 is 1.44 bits per heavy atom. The summed E-state index contributed by atoms with van der Waals surface area (Å²) in [5.41, 5.74) is 3.52. The first kappa shape index (κ1) is 15.0. The highest BCUT2D eigenvalue weighted by Gasteiger charge is 2.17. The third-order valence-corrected chi connectivity index (χ3v) is 4.00. The fraction of sp³-hybridized carbons (Fsp3) is 0.636. The lowest BCUT2D eigenvalue weighted by molar-refractivity contribution is 0.288. The van der Waals surface area contributed by atoms with Crippen LogP contribution in [0, 0.1) is 0 Å². The number of anilines is 2. The van der Waals surface area contributed by atoms with Gasteiger partial charge in [-0.2, -0.15) is 11.8 Å². The van der Waals surface area contributed by atoms with E-state index >= 15 is 0 Å². The van der Waals surface area contributed by atoms with Crippen molar-refractivity contribution in [2.24, 2.45) is 5.84 Å². The minimum Gasteiger partial charge on any atom is -0.395 e. The molecule has 0 saturated heterocycles. The molecule has 1 aromatic rings. The van der Waals surface area contributed by atoms with Crippen molar-refractivity contribution < 1.29 is 5.11 Å². The van der Waals surface area contributed by atoms with Gasteiger partial charge in [0.1, 0.15) is 18.0 Å². The van der Waals surface area contributed by atoms with Crippen LogP contribution in [-0.2, 0) is 6.42 Å². The average Bonchev–Trinajstić information content (AvgIpc) is 2.39. The zero-order valence-electron chi connectivity index (χ0n) is 11.0. The summed E-state index contributed by atoms with van der Waals surface area (Å²) >= 11 is 1.62. The molecule has 0 spiro atoms. The van der Waals surface area contributed by atoms with E-state index in [0.717, 1.165) is 17.8 Å². The minimum atomic E-state index is 0.107. The quantitative estimate of drug-likeness (QED) is 0.431. The molecule has 0 aliphatic rings. The number of nitrogens with two attached hydrogens (primary N) is 1. The van der Waals surface area contributed by atoms with Crippen molar-refractivity contribution in [2.75, 3.05) is 23.6 Å². The van der Waals surface area contributed by atoms with Gasteiger partial charge in [0.15, 0.2) is 0 Å². The van der Waals surface area contributed by atoms with E-state index in [1.807, 2.05) is 20.1 Å². The topological polar surface area (TPSA) is 96.1 Å². The van der Waals surface area contributed by atoms with Crippen molar-refractivity contribution >= 4 is 23.4 Å². The average molecular weight is 271 g/mol. The maximum atomic E-state index is 9.28. The predicted molar refractivity (Wildman–Crippen MR) is 76.7 cm³/mol. The maximum Gasteiger partial charge on any atom is 0.148 e. The molecule has 5 N–H and O–H groups in total. The second kappa shape index (κ2) is 7.40. The highest BCUT2D eigenvalue weighted by Crippen LogP contribution is 2.22. The van der Waals surface area contributed by atoms with Crippen molar-refractivity contribution in [2.45, 2.75) is 31.6 Å². The summed E-state index contributed by atoms with van der Waals surface area (Å²) in [5, 5.41) is 12.7. The molecule has 0 aromatic carbocycles. The molecule has 1 rings (SSSR count). The minimum absolute atomic E-state index is 0.107. The molecule has 7 heteroatoms. The zero-order chi connectivity index (χ0) is 13.5. The molecule has 6 nitrogen and oxygen atoms in total. The van der Waals surface area contributed by atoms with Crippen LogP contribution in [-0.4, -0.2) is 39.2 Å². The lowest BCUT2D eigenvalue weighted by Crippen LogP contribution is -2.32. The predicted octanol–water partition coefficient (Wildman–Crippen LogP) is 0.849. The Kier molecular flexibility index (Phi) is 6.17. The summed E-state index contributed by atoms with van der Waals surface area (Å²) in [7, 11) is 0. The molecular weight excluding hydrogens is 250 g/mol. The molecule has 0 bridgehead atoms. The van der Waals surface area contributed by atoms with E-state index in [2.05, 4.69) is 20.7 Å². The van der Waals surface area contributed by atoms with Gasteiger partial charge in [-0.05, 0) is 19.6 Å². The number of hydrogen-bond donors (Lipinski definition) is 4. The lowest BCUT2D eigenvalue weighted by atomic mass is 10.2. The van der Waals surface area contributed by atoms with Gasteiger partial charge in [-0.15, -0.1) is 0 Å². The van der Waals surface area contributed by atoms with Gasteiger partial charge in [-0.25, -0.2) is 15.8 Å². The van der Waals surface area contributed by atoms with E-state index in [9.17, 15) is 5.11 Å². The molecule has 1 heterocycles. The number of nitrogen functional groups attached to an aromatic ring is 1. The first-order valence-corrected chi connectivity index (χ1v) is 7.17. The van der Waals surface area contributed by atoms with Gasteiger partial charge < -0.3 is 15.8 Å². The Bertz CT molecular complexity index is 372. The van der Waals surface area contributed by atoms with Crippen molar-refractivity contribution in [1.82, 2.24) is 9.97 Å². The van der Waals surface area contributed by atoms with E-state index in [1.165, 1.54) is 6.33 Å². The highest BCUT2D eigenvalue weighted by atomic mass is 32.2. The Labute approximate surface area is 112 Å². The number of rotatable bonds is 7. The molecule has 0 radical (unpaired) electrons. The molecule has 0 fully saturated rings. The standard InChI is InChI=1S/C11H21N5OS/c1-4-8-10(13-6-14-11(8)16-12)15-7(2)9(5-17)18-3/h6-7,9,17H,4-5,12H2,1-3H3,(H2,13,14,15,16). The largest absolute Gasteiger partial charge is 0.395 e. The molecule has 102 valence electrons. The van der Waals surface area contributed by atoms with Gasteiger partial charge in [0.05, 0.1) is 6.61 Å². The number of aliphatic hydroxyl groups excluding tert-OH is 1. The second-order valence-electron chi connectivity index (χ2n) is 3.94. The van der Waals surface area contributed by atoms with Crippen molar-refractivity contribution in [3.05, 3.63) is 11.9 Å². The van der Waals surface area contributed by atoms with Gasteiger partial charge in [0.2, 0.25) is 0 Å². The van der Waals surface area contributed by atoms with Crippen LogP contribution >= 0.6 is 11.8 Å². The first-order chi connectivity index (χ1) is 8.67. The molecule has 2 atom stereocenters. The molecule has 0 saturated carbocycles. The van der Waals surface area contributed by atoms with Crippen molar-refractivity contribution in [3.63, 3.8) is 0 Å². The molecule has 0 aliphatic carbocycles. The number of nitrogens with zero attached hydrogens (tertiary/aromatic N) is 2. The van der Waals surface area contributed by atoms with Crippen LogP contribution in [0.25, 0.3) is 0 Å². The number of hydrogen-bond acceptors (Lipinski definition) is 7. The van der Waals surface area contributed by atoms with Crippen LogP contribution < -0.4 is 16.6 Å².